The number of likely N-dealkylation sites (tertiary alicyclic amines) is 1. The lowest BCUT2D eigenvalue weighted by atomic mass is 9.98. The van der Waals surface area contributed by atoms with Crippen LogP contribution in [0.3, 0.4) is 0 Å². The number of rotatable bonds is 4. The molecule has 0 aromatic rings. The maximum atomic E-state index is 11.8. The number of amides is 1. The van der Waals surface area contributed by atoms with E-state index in [4.69, 9.17) is 0 Å². The predicted molar refractivity (Wildman–Crippen MR) is 56.0 cm³/mol. The van der Waals surface area contributed by atoms with Gasteiger partial charge in [-0.15, -0.1) is 0 Å². The summed E-state index contributed by atoms with van der Waals surface area (Å²) >= 11 is 0. The van der Waals surface area contributed by atoms with Gasteiger partial charge in [0.15, 0.2) is 0 Å². The van der Waals surface area contributed by atoms with Crippen molar-refractivity contribution >= 4 is 5.91 Å². The third kappa shape index (κ3) is 1.78. The lowest BCUT2D eigenvalue weighted by Crippen LogP contribution is -2.55. The van der Waals surface area contributed by atoms with Crippen LogP contribution >= 0.6 is 0 Å². The third-order valence-electron chi connectivity index (χ3n) is 3.69. The minimum absolute atomic E-state index is 0.198. The highest BCUT2D eigenvalue weighted by atomic mass is 16.2. The Hall–Kier alpha value is -0.570. The van der Waals surface area contributed by atoms with Crippen LogP contribution in [0.5, 0.6) is 0 Å². The normalized spacial score (nSPS) is 25.6. The lowest BCUT2D eigenvalue weighted by Gasteiger charge is -2.38. The molecule has 14 heavy (non-hydrogen) atoms. The topological polar surface area (TPSA) is 32.3 Å². The van der Waals surface area contributed by atoms with Crippen LogP contribution in [0.4, 0.5) is 0 Å². The predicted octanol–water partition coefficient (Wildman–Crippen LogP) is 0.997. The highest BCUT2D eigenvalue weighted by Crippen LogP contribution is 2.38. The molecule has 2 rings (SSSR count). The van der Waals surface area contributed by atoms with Gasteiger partial charge in [-0.1, -0.05) is 13.8 Å². The Bertz CT molecular complexity index is 229. The average molecular weight is 196 g/mol. The lowest BCUT2D eigenvalue weighted by molar-refractivity contribution is -0.131. The van der Waals surface area contributed by atoms with E-state index in [-0.39, 0.29) is 17.4 Å². The minimum Gasteiger partial charge on any atom is -0.350 e. The van der Waals surface area contributed by atoms with E-state index in [0.29, 0.717) is 0 Å². The molecule has 2 aliphatic rings. The molecule has 0 atom stereocenters. The van der Waals surface area contributed by atoms with Crippen molar-refractivity contribution in [1.82, 2.24) is 10.2 Å². The van der Waals surface area contributed by atoms with Crippen LogP contribution in [0.2, 0.25) is 0 Å². The van der Waals surface area contributed by atoms with Crippen molar-refractivity contribution in [2.75, 3.05) is 19.6 Å². The van der Waals surface area contributed by atoms with Crippen molar-refractivity contribution < 1.29 is 4.79 Å². The molecular formula is C11H20N2O. The van der Waals surface area contributed by atoms with E-state index in [1.54, 1.807) is 0 Å². The molecule has 1 saturated heterocycles. The largest absolute Gasteiger partial charge is 0.350 e. The molecule has 1 saturated carbocycles. The molecule has 1 aliphatic carbocycles. The molecule has 0 spiro atoms. The fourth-order valence-electron chi connectivity index (χ4n) is 2.08. The smallest absolute Gasteiger partial charge is 0.226 e. The quantitative estimate of drug-likeness (QED) is 0.727. The minimum atomic E-state index is 0.198. The molecule has 0 radical (unpaired) electrons. The molecule has 0 bridgehead atoms. The number of hydrogen-bond donors (Lipinski definition) is 1. The Balaban J connectivity index is 1.75. The summed E-state index contributed by atoms with van der Waals surface area (Å²) in [6.45, 7) is 7.29. The third-order valence-corrected chi connectivity index (χ3v) is 3.69. The monoisotopic (exact) mass is 196 g/mol. The maximum Gasteiger partial charge on any atom is 0.226 e. The van der Waals surface area contributed by atoms with Crippen molar-refractivity contribution in [3.63, 3.8) is 0 Å². The van der Waals surface area contributed by atoms with Gasteiger partial charge in [-0.2, -0.15) is 0 Å². The van der Waals surface area contributed by atoms with E-state index in [9.17, 15) is 4.79 Å². The zero-order valence-electron chi connectivity index (χ0n) is 9.18. The van der Waals surface area contributed by atoms with Gasteiger partial charge in [-0.05, 0) is 25.8 Å². The van der Waals surface area contributed by atoms with Gasteiger partial charge in [-0.3, -0.25) is 4.79 Å². The molecule has 0 aromatic carbocycles. The van der Waals surface area contributed by atoms with E-state index in [2.05, 4.69) is 24.1 Å². The maximum absolute atomic E-state index is 11.8. The van der Waals surface area contributed by atoms with Gasteiger partial charge in [0, 0.05) is 18.6 Å². The molecule has 1 N–H and O–H groups in total. The molecule has 0 unspecified atom stereocenters. The summed E-state index contributed by atoms with van der Waals surface area (Å²) in [6.07, 6.45) is 3.45. The Labute approximate surface area is 85.8 Å². The summed E-state index contributed by atoms with van der Waals surface area (Å²) in [5.41, 5.74) is 0.198. The second kappa shape index (κ2) is 3.54. The Morgan fingerprint density at radius 3 is 2.50 bits per heavy atom. The number of hydrogen-bond acceptors (Lipinski definition) is 2. The molecule has 2 fully saturated rings. The van der Waals surface area contributed by atoms with Crippen LogP contribution in [0.1, 0.15) is 33.1 Å². The molecule has 1 aliphatic heterocycles. The van der Waals surface area contributed by atoms with Gasteiger partial charge in [0.25, 0.3) is 0 Å². The van der Waals surface area contributed by atoms with Crippen LogP contribution < -0.4 is 5.32 Å². The van der Waals surface area contributed by atoms with E-state index in [0.717, 1.165) is 26.1 Å². The molecular weight excluding hydrogens is 176 g/mol. The average Bonchev–Trinajstić information content (AvgIpc) is 2.83. The summed E-state index contributed by atoms with van der Waals surface area (Å²) in [4.78, 5) is 14.1. The number of carbonyl (C=O) groups excluding carboxylic acids is 1. The first-order valence-electron chi connectivity index (χ1n) is 5.73. The van der Waals surface area contributed by atoms with Crippen molar-refractivity contribution in [2.45, 2.75) is 38.6 Å². The van der Waals surface area contributed by atoms with Gasteiger partial charge >= 0.3 is 0 Å². The summed E-state index contributed by atoms with van der Waals surface area (Å²) in [7, 11) is 0. The van der Waals surface area contributed by atoms with Gasteiger partial charge in [0.05, 0.1) is 5.92 Å². The molecule has 3 heteroatoms. The van der Waals surface area contributed by atoms with Crippen molar-refractivity contribution in [3.8, 4) is 0 Å². The molecule has 0 aromatic heterocycles. The zero-order valence-corrected chi connectivity index (χ0v) is 9.18. The first-order chi connectivity index (χ1) is 6.69. The fraction of sp³-hybridized carbons (Fsp3) is 0.909. The molecule has 1 amide bonds. The van der Waals surface area contributed by atoms with Gasteiger partial charge in [0.1, 0.15) is 0 Å². The summed E-state index contributed by atoms with van der Waals surface area (Å²) in [5, 5.41) is 3.20. The summed E-state index contributed by atoms with van der Waals surface area (Å²) in [6, 6.07) is 0. The van der Waals surface area contributed by atoms with Gasteiger partial charge in [-0.25, -0.2) is 0 Å². The molecule has 1 heterocycles. The van der Waals surface area contributed by atoms with Crippen LogP contribution in [0, 0.1) is 5.92 Å². The van der Waals surface area contributed by atoms with Gasteiger partial charge in [0.2, 0.25) is 5.91 Å². The Morgan fingerprint density at radius 2 is 2.07 bits per heavy atom. The summed E-state index contributed by atoms with van der Waals surface area (Å²) < 4.78 is 0. The van der Waals surface area contributed by atoms with Crippen LogP contribution in [0.25, 0.3) is 0 Å². The van der Waals surface area contributed by atoms with Crippen molar-refractivity contribution in [2.24, 2.45) is 5.92 Å². The van der Waals surface area contributed by atoms with E-state index in [1.165, 1.54) is 12.8 Å². The Morgan fingerprint density at radius 1 is 1.43 bits per heavy atom. The summed E-state index contributed by atoms with van der Waals surface area (Å²) in [5.74, 6) is 0.549. The Kier molecular flexibility index (Phi) is 2.52. The van der Waals surface area contributed by atoms with E-state index < -0.39 is 0 Å². The zero-order chi connectivity index (χ0) is 10.2. The van der Waals surface area contributed by atoms with Crippen LogP contribution in [0.15, 0.2) is 0 Å². The second-order valence-corrected chi connectivity index (χ2v) is 4.67. The first-order valence-corrected chi connectivity index (χ1v) is 5.73. The molecule has 80 valence electrons. The van der Waals surface area contributed by atoms with Crippen molar-refractivity contribution in [1.29, 1.82) is 0 Å². The fourth-order valence-corrected chi connectivity index (χ4v) is 2.08. The standard InChI is InChI=1S/C11H20N2O/c1-3-11(5-6-11)12-10(14)9-7-13(4-2)8-9/h9H,3-8H2,1-2H3,(H,12,14). The number of nitrogens with one attached hydrogen (secondary N) is 1. The van der Waals surface area contributed by atoms with Crippen LogP contribution in [-0.2, 0) is 4.79 Å². The van der Waals surface area contributed by atoms with Crippen LogP contribution in [-0.4, -0.2) is 36.0 Å². The second-order valence-electron chi connectivity index (χ2n) is 4.67. The SMILES string of the molecule is CCN1CC(C(=O)NC2(CC)CC2)C1. The first kappa shape index (κ1) is 9.97. The van der Waals surface area contributed by atoms with E-state index >= 15 is 0 Å². The number of nitrogens with zero attached hydrogens (tertiary/aromatic N) is 1. The van der Waals surface area contributed by atoms with E-state index in [1.807, 2.05) is 0 Å². The molecule has 3 nitrogen and oxygen atoms in total. The highest BCUT2D eigenvalue weighted by molar-refractivity contribution is 5.81. The number of carbonyl (C=O) groups is 1. The van der Waals surface area contributed by atoms with Crippen molar-refractivity contribution in [3.05, 3.63) is 0 Å². The highest BCUT2D eigenvalue weighted by Gasteiger charge is 2.44. The van der Waals surface area contributed by atoms with Gasteiger partial charge < -0.3 is 10.2 Å².